The highest BCUT2D eigenvalue weighted by molar-refractivity contribution is 7.13. The first-order valence-corrected chi connectivity index (χ1v) is 10.9. The van der Waals surface area contributed by atoms with Crippen molar-refractivity contribution in [3.05, 3.63) is 64.1 Å². The number of halogens is 1. The van der Waals surface area contributed by atoms with Gasteiger partial charge in [-0.25, -0.2) is 4.98 Å². The van der Waals surface area contributed by atoms with Gasteiger partial charge >= 0.3 is 0 Å². The summed E-state index contributed by atoms with van der Waals surface area (Å²) in [5.74, 6) is 1.49. The first-order chi connectivity index (χ1) is 14.2. The molecule has 1 amide bonds. The molecule has 0 radical (unpaired) electrons. The lowest BCUT2D eigenvalue weighted by Crippen LogP contribution is -2.30. The van der Waals surface area contributed by atoms with Crippen LogP contribution in [0.4, 0.5) is 0 Å². The van der Waals surface area contributed by atoms with Crippen LogP contribution in [0.2, 0.25) is 5.02 Å². The van der Waals surface area contributed by atoms with Gasteiger partial charge in [0.25, 0.3) is 5.91 Å². The lowest BCUT2D eigenvalue weighted by atomic mass is 10.0. The van der Waals surface area contributed by atoms with Gasteiger partial charge in [-0.05, 0) is 42.7 Å². The molecule has 2 aliphatic heterocycles. The Bertz CT molecular complexity index is 1050. The third-order valence-corrected chi connectivity index (χ3v) is 6.42. The number of thiazole rings is 1. The molecule has 0 unspecified atom stereocenters. The molecule has 148 valence electrons. The van der Waals surface area contributed by atoms with Crippen LogP contribution in [0.25, 0.3) is 10.6 Å². The molecule has 2 aliphatic rings. The summed E-state index contributed by atoms with van der Waals surface area (Å²) >= 11 is 7.44. The van der Waals surface area contributed by atoms with Crippen LogP contribution in [0.15, 0.2) is 47.8 Å². The van der Waals surface area contributed by atoms with Crippen LogP contribution in [-0.2, 0) is 0 Å². The number of carbonyl (C=O) groups excluding carboxylic acids is 1. The average Bonchev–Trinajstić information content (AvgIpc) is 3.44. The van der Waals surface area contributed by atoms with Crippen molar-refractivity contribution in [2.45, 2.75) is 18.9 Å². The monoisotopic (exact) mass is 426 g/mol. The van der Waals surface area contributed by atoms with Crippen LogP contribution in [0, 0.1) is 0 Å². The minimum absolute atomic E-state index is 0.0269. The second-order valence-electron chi connectivity index (χ2n) is 7.10. The Hall–Kier alpha value is -2.57. The van der Waals surface area contributed by atoms with Crippen molar-refractivity contribution in [2.24, 2.45) is 0 Å². The largest absolute Gasteiger partial charge is 0.486 e. The van der Waals surface area contributed by atoms with E-state index in [0.29, 0.717) is 23.9 Å². The molecule has 7 heteroatoms. The van der Waals surface area contributed by atoms with E-state index < -0.39 is 0 Å². The first-order valence-electron chi connectivity index (χ1n) is 9.61. The van der Waals surface area contributed by atoms with E-state index in [-0.39, 0.29) is 11.9 Å². The summed E-state index contributed by atoms with van der Waals surface area (Å²) in [6, 6.07) is 13.5. The number of carbonyl (C=O) groups is 1. The fourth-order valence-corrected chi connectivity index (χ4v) is 4.79. The van der Waals surface area contributed by atoms with Crippen LogP contribution < -0.4 is 9.47 Å². The molecule has 1 atom stereocenters. The van der Waals surface area contributed by atoms with E-state index in [4.69, 9.17) is 21.1 Å². The highest BCUT2D eigenvalue weighted by atomic mass is 35.5. The van der Waals surface area contributed by atoms with Gasteiger partial charge in [-0.2, -0.15) is 0 Å². The van der Waals surface area contributed by atoms with E-state index in [9.17, 15) is 4.79 Å². The Morgan fingerprint density at radius 1 is 1.10 bits per heavy atom. The number of likely N-dealkylation sites (tertiary alicyclic amines) is 1. The molecule has 0 N–H and O–H groups in total. The van der Waals surface area contributed by atoms with Crippen LogP contribution in [-0.4, -0.2) is 35.5 Å². The molecule has 0 saturated carbocycles. The molecule has 2 aromatic carbocycles. The number of rotatable bonds is 3. The second-order valence-corrected chi connectivity index (χ2v) is 8.40. The van der Waals surface area contributed by atoms with Crippen molar-refractivity contribution >= 4 is 28.8 Å². The van der Waals surface area contributed by atoms with Gasteiger partial charge in [-0.1, -0.05) is 29.8 Å². The normalized spacial score (nSPS) is 18.1. The number of hydrogen-bond acceptors (Lipinski definition) is 5. The van der Waals surface area contributed by atoms with E-state index in [1.54, 1.807) is 0 Å². The Balaban J connectivity index is 1.39. The average molecular weight is 427 g/mol. The molecular formula is C22H19ClN2O3S. The summed E-state index contributed by atoms with van der Waals surface area (Å²) in [4.78, 5) is 19.7. The molecule has 1 fully saturated rings. The van der Waals surface area contributed by atoms with E-state index in [0.717, 1.165) is 47.0 Å². The fraction of sp³-hybridized carbons (Fsp3) is 0.273. The molecule has 0 aliphatic carbocycles. The minimum Gasteiger partial charge on any atom is -0.486 e. The van der Waals surface area contributed by atoms with Crippen LogP contribution in [0.3, 0.4) is 0 Å². The van der Waals surface area contributed by atoms with Crippen molar-refractivity contribution in [3.63, 3.8) is 0 Å². The summed E-state index contributed by atoms with van der Waals surface area (Å²) in [7, 11) is 0. The van der Waals surface area contributed by atoms with Crippen molar-refractivity contribution < 1.29 is 14.3 Å². The van der Waals surface area contributed by atoms with Crippen molar-refractivity contribution in [2.75, 3.05) is 19.8 Å². The summed E-state index contributed by atoms with van der Waals surface area (Å²) in [6.07, 6.45) is 1.90. The molecular weight excluding hydrogens is 408 g/mol. The second kappa shape index (κ2) is 7.69. The molecule has 5 rings (SSSR count). The smallest absolute Gasteiger partial charge is 0.273 e. The van der Waals surface area contributed by atoms with Gasteiger partial charge in [-0.15, -0.1) is 11.3 Å². The Kier molecular flexibility index (Phi) is 4.89. The van der Waals surface area contributed by atoms with Crippen LogP contribution in [0.5, 0.6) is 11.5 Å². The molecule has 0 bridgehead atoms. The summed E-state index contributed by atoms with van der Waals surface area (Å²) < 4.78 is 11.3. The summed E-state index contributed by atoms with van der Waals surface area (Å²) in [5.41, 5.74) is 2.53. The zero-order chi connectivity index (χ0) is 19.8. The van der Waals surface area contributed by atoms with E-state index in [1.807, 2.05) is 52.7 Å². The van der Waals surface area contributed by atoms with Gasteiger partial charge in [0, 0.05) is 22.5 Å². The number of nitrogens with zero attached hydrogens (tertiary/aromatic N) is 2. The van der Waals surface area contributed by atoms with Gasteiger partial charge in [0.15, 0.2) is 11.5 Å². The van der Waals surface area contributed by atoms with Crippen molar-refractivity contribution in [1.82, 2.24) is 9.88 Å². The highest BCUT2D eigenvalue weighted by Crippen LogP contribution is 2.39. The van der Waals surface area contributed by atoms with Crippen molar-refractivity contribution in [1.29, 1.82) is 0 Å². The molecule has 3 aromatic rings. The zero-order valence-electron chi connectivity index (χ0n) is 15.6. The third-order valence-electron chi connectivity index (χ3n) is 5.28. The molecule has 5 nitrogen and oxygen atoms in total. The predicted molar refractivity (Wildman–Crippen MR) is 113 cm³/mol. The lowest BCUT2D eigenvalue weighted by Gasteiger charge is -2.26. The standard InChI is InChI=1S/C22H19ClN2O3S/c23-16-6-3-14(4-7-16)21-24-17(13-29-21)22(26)25-9-1-2-18(25)15-5-8-19-20(12-15)28-11-10-27-19/h3-8,12-13,18H,1-2,9-11H2/t18-/m0/s1. The Morgan fingerprint density at radius 3 is 2.72 bits per heavy atom. The maximum absolute atomic E-state index is 13.2. The van der Waals surface area contributed by atoms with Crippen LogP contribution >= 0.6 is 22.9 Å². The number of fused-ring (bicyclic) bond motifs is 1. The van der Waals surface area contributed by atoms with Gasteiger partial charge < -0.3 is 14.4 Å². The van der Waals surface area contributed by atoms with Crippen molar-refractivity contribution in [3.8, 4) is 22.1 Å². The molecule has 29 heavy (non-hydrogen) atoms. The number of hydrogen-bond donors (Lipinski definition) is 0. The van der Waals surface area contributed by atoms with E-state index in [2.05, 4.69) is 4.98 Å². The van der Waals surface area contributed by atoms with E-state index >= 15 is 0 Å². The molecule has 3 heterocycles. The summed E-state index contributed by atoms with van der Waals surface area (Å²) in [5, 5.41) is 3.34. The maximum Gasteiger partial charge on any atom is 0.273 e. The Labute approximate surface area is 177 Å². The highest BCUT2D eigenvalue weighted by Gasteiger charge is 2.32. The predicted octanol–water partition coefficient (Wildman–Crippen LogP) is 5.21. The Morgan fingerprint density at radius 2 is 1.90 bits per heavy atom. The fourth-order valence-electron chi connectivity index (χ4n) is 3.87. The molecule has 1 saturated heterocycles. The van der Waals surface area contributed by atoms with Crippen LogP contribution in [0.1, 0.15) is 34.9 Å². The molecule has 1 aromatic heterocycles. The first kappa shape index (κ1) is 18.5. The quantitative estimate of drug-likeness (QED) is 0.576. The minimum atomic E-state index is -0.0288. The third kappa shape index (κ3) is 3.58. The lowest BCUT2D eigenvalue weighted by molar-refractivity contribution is 0.0730. The number of benzene rings is 2. The zero-order valence-corrected chi connectivity index (χ0v) is 17.2. The van der Waals surface area contributed by atoms with Gasteiger partial charge in [0.1, 0.15) is 23.9 Å². The molecule has 0 spiro atoms. The van der Waals surface area contributed by atoms with Gasteiger partial charge in [0.2, 0.25) is 0 Å². The maximum atomic E-state index is 13.2. The summed E-state index contributed by atoms with van der Waals surface area (Å²) in [6.45, 7) is 1.85. The number of aromatic nitrogens is 1. The van der Waals surface area contributed by atoms with E-state index in [1.165, 1.54) is 11.3 Å². The topological polar surface area (TPSA) is 51.7 Å². The van der Waals surface area contributed by atoms with Gasteiger partial charge in [-0.3, -0.25) is 4.79 Å². The number of amides is 1. The van der Waals surface area contributed by atoms with Gasteiger partial charge in [0.05, 0.1) is 6.04 Å². The number of ether oxygens (including phenoxy) is 2. The SMILES string of the molecule is O=C(c1csc(-c2ccc(Cl)cc2)n1)N1CCC[C@H]1c1ccc2c(c1)OCCO2.